The van der Waals surface area contributed by atoms with Gasteiger partial charge in [-0.25, -0.2) is 4.98 Å². The molecule has 152 valence electrons. The Kier molecular flexibility index (Phi) is 4.00. The quantitative estimate of drug-likeness (QED) is 0.356. The van der Waals surface area contributed by atoms with E-state index in [1.807, 2.05) is 19.9 Å². The van der Waals surface area contributed by atoms with Crippen LogP contribution >= 0.6 is 11.6 Å². The zero-order valence-electron chi connectivity index (χ0n) is 16.5. The van der Waals surface area contributed by atoms with Crippen molar-refractivity contribution in [2.45, 2.75) is 45.3 Å². The molecule has 0 radical (unpaired) electrons. The first-order valence-electron chi connectivity index (χ1n) is 9.44. The number of hydrogen-bond acceptors (Lipinski definition) is 7. The Morgan fingerprint density at radius 1 is 1.40 bits per heavy atom. The number of aryl methyl sites for hydroxylation is 1. The van der Waals surface area contributed by atoms with Crippen molar-refractivity contribution in [3.63, 3.8) is 0 Å². The predicted octanol–water partition coefficient (Wildman–Crippen LogP) is 3.63. The Morgan fingerprint density at radius 3 is 2.90 bits per heavy atom. The number of nitriles is 1. The number of aromatic nitrogens is 5. The van der Waals surface area contributed by atoms with Crippen molar-refractivity contribution in [2.24, 2.45) is 0 Å². The van der Waals surface area contributed by atoms with Crippen LogP contribution in [-0.4, -0.2) is 25.1 Å². The zero-order valence-corrected chi connectivity index (χ0v) is 17.3. The number of halogens is 1. The van der Waals surface area contributed by atoms with Crippen molar-refractivity contribution in [3.05, 3.63) is 45.8 Å². The summed E-state index contributed by atoms with van der Waals surface area (Å²) in [6, 6.07) is 5.27. The second-order valence-electron chi connectivity index (χ2n) is 7.96. The molecule has 0 amide bonds. The standard InChI is InChI=1S/C20H17ClN6O3/c1-10-16-15(19-24-18(25-30-19)14-6-7-20(2,3)29-14)23-9-26(16)13-5-4-12(21)11(8-22)17(13)27(10)28/h4-5,9,14H,6-7H2,1-3H3. The summed E-state index contributed by atoms with van der Waals surface area (Å²) in [6.07, 6.45) is 3.03. The molecule has 30 heavy (non-hydrogen) atoms. The minimum absolute atomic E-state index is 0.116. The number of nitrogens with zero attached hydrogens (tertiary/aromatic N) is 6. The fraction of sp³-hybridized carbons (Fsp3) is 0.350. The zero-order chi connectivity index (χ0) is 21.2. The molecule has 0 saturated carbocycles. The third-order valence-electron chi connectivity index (χ3n) is 5.50. The molecule has 5 rings (SSSR count). The van der Waals surface area contributed by atoms with Crippen molar-refractivity contribution in [2.75, 3.05) is 0 Å². The van der Waals surface area contributed by atoms with Gasteiger partial charge in [0, 0.05) is 6.92 Å². The first-order valence-corrected chi connectivity index (χ1v) is 9.82. The molecule has 9 nitrogen and oxygen atoms in total. The van der Waals surface area contributed by atoms with Crippen LogP contribution in [0.3, 0.4) is 0 Å². The Morgan fingerprint density at radius 2 is 2.20 bits per heavy atom. The van der Waals surface area contributed by atoms with E-state index in [1.54, 1.807) is 29.8 Å². The van der Waals surface area contributed by atoms with E-state index in [2.05, 4.69) is 15.1 Å². The minimum atomic E-state index is -0.238. The highest BCUT2D eigenvalue weighted by atomic mass is 35.5. The molecule has 1 atom stereocenters. The minimum Gasteiger partial charge on any atom is -0.618 e. The maximum Gasteiger partial charge on any atom is 0.279 e. The van der Waals surface area contributed by atoms with Gasteiger partial charge in [-0.05, 0) is 38.8 Å². The third-order valence-corrected chi connectivity index (χ3v) is 5.81. The smallest absolute Gasteiger partial charge is 0.279 e. The van der Waals surface area contributed by atoms with Crippen LogP contribution in [0, 0.1) is 23.5 Å². The van der Waals surface area contributed by atoms with Crippen molar-refractivity contribution >= 4 is 28.2 Å². The van der Waals surface area contributed by atoms with Crippen LogP contribution in [0.4, 0.5) is 0 Å². The van der Waals surface area contributed by atoms with E-state index in [0.29, 0.717) is 33.0 Å². The number of ether oxygens (including phenoxy) is 1. The van der Waals surface area contributed by atoms with Crippen LogP contribution in [0.15, 0.2) is 23.0 Å². The van der Waals surface area contributed by atoms with Crippen LogP contribution < -0.4 is 4.73 Å². The molecule has 1 fully saturated rings. The number of hydrogen-bond donors (Lipinski definition) is 0. The lowest BCUT2D eigenvalue weighted by molar-refractivity contribution is -0.583. The van der Waals surface area contributed by atoms with Gasteiger partial charge in [0.15, 0.2) is 5.69 Å². The normalized spacial score (nSPS) is 18.3. The summed E-state index contributed by atoms with van der Waals surface area (Å²) in [5.41, 5.74) is 1.83. The summed E-state index contributed by atoms with van der Waals surface area (Å²) in [4.78, 5) is 8.91. The summed E-state index contributed by atoms with van der Waals surface area (Å²) in [5, 5.41) is 26.8. The van der Waals surface area contributed by atoms with Gasteiger partial charge in [-0.3, -0.25) is 4.40 Å². The molecule has 4 aromatic rings. The molecule has 1 aliphatic rings. The van der Waals surface area contributed by atoms with Gasteiger partial charge in [0.05, 0.1) is 10.6 Å². The van der Waals surface area contributed by atoms with E-state index in [1.165, 1.54) is 0 Å². The van der Waals surface area contributed by atoms with Crippen molar-refractivity contribution in [1.29, 1.82) is 5.26 Å². The van der Waals surface area contributed by atoms with E-state index >= 15 is 0 Å². The maximum atomic E-state index is 13.0. The Hall–Kier alpha value is -3.22. The molecule has 10 heteroatoms. The average Bonchev–Trinajstić information content (AvgIpc) is 3.43. The van der Waals surface area contributed by atoms with Crippen LogP contribution in [0.2, 0.25) is 5.02 Å². The first kappa shape index (κ1) is 18.8. The fourth-order valence-electron chi connectivity index (χ4n) is 3.98. The molecule has 3 aromatic heterocycles. The molecule has 0 N–H and O–H groups in total. The van der Waals surface area contributed by atoms with Gasteiger partial charge in [-0.1, -0.05) is 16.8 Å². The summed E-state index contributed by atoms with van der Waals surface area (Å²) >= 11 is 6.12. The molecule has 0 aliphatic carbocycles. The Bertz CT molecular complexity index is 1370. The Labute approximate surface area is 176 Å². The van der Waals surface area contributed by atoms with Crippen LogP contribution in [0.5, 0.6) is 0 Å². The lowest BCUT2D eigenvalue weighted by atomic mass is 10.1. The van der Waals surface area contributed by atoms with Crippen LogP contribution in [0.1, 0.15) is 49.9 Å². The lowest BCUT2D eigenvalue weighted by Crippen LogP contribution is -2.33. The van der Waals surface area contributed by atoms with E-state index in [9.17, 15) is 10.5 Å². The molecule has 0 bridgehead atoms. The first-order chi connectivity index (χ1) is 14.3. The second-order valence-corrected chi connectivity index (χ2v) is 8.36. The predicted molar refractivity (Wildman–Crippen MR) is 107 cm³/mol. The SMILES string of the molecule is Cc1c2c(-c3nc(C4CCC(C)(C)O4)no3)ncn2c2ccc(Cl)c(C#N)c2[n+]1[O-]. The summed E-state index contributed by atoms with van der Waals surface area (Å²) in [6.45, 7) is 5.70. The van der Waals surface area contributed by atoms with E-state index in [4.69, 9.17) is 20.9 Å². The molecule has 1 aromatic carbocycles. The summed E-state index contributed by atoms with van der Waals surface area (Å²) in [7, 11) is 0. The second kappa shape index (κ2) is 6.39. The molecular formula is C20H17ClN6O3. The highest BCUT2D eigenvalue weighted by Gasteiger charge is 2.36. The van der Waals surface area contributed by atoms with Gasteiger partial charge < -0.3 is 14.5 Å². The van der Waals surface area contributed by atoms with Gasteiger partial charge in [0.2, 0.25) is 11.5 Å². The molecule has 1 unspecified atom stereocenters. The highest BCUT2D eigenvalue weighted by Crippen LogP contribution is 2.38. The molecule has 1 saturated heterocycles. The van der Waals surface area contributed by atoms with E-state index < -0.39 is 0 Å². The number of rotatable bonds is 2. The van der Waals surface area contributed by atoms with Gasteiger partial charge in [0.1, 0.15) is 35.1 Å². The highest BCUT2D eigenvalue weighted by molar-refractivity contribution is 6.32. The third kappa shape index (κ3) is 2.65. The maximum absolute atomic E-state index is 13.0. The number of imidazole rings is 1. The molecular weight excluding hydrogens is 408 g/mol. The van der Waals surface area contributed by atoms with E-state index in [-0.39, 0.29) is 33.7 Å². The average molecular weight is 425 g/mol. The van der Waals surface area contributed by atoms with Gasteiger partial charge >= 0.3 is 0 Å². The van der Waals surface area contributed by atoms with Crippen LogP contribution in [0.25, 0.3) is 28.1 Å². The monoisotopic (exact) mass is 424 g/mol. The van der Waals surface area contributed by atoms with Gasteiger partial charge in [-0.2, -0.15) is 15.0 Å². The molecule has 0 spiro atoms. The van der Waals surface area contributed by atoms with Crippen molar-refractivity contribution < 1.29 is 14.0 Å². The lowest BCUT2D eigenvalue weighted by Gasteiger charge is -2.17. The van der Waals surface area contributed by atoms with Gasteiger partial charge in [-0.15, -0.1) is 0 Å². The van der Waals surface area contributed by atoms with Crippen LogP contribution in [-0.2, 0) is 4.74 Å². The Balaban J connectivity index is 1.69. The van der Waals surface area contributed by atoms with Crippen molar-refractivity contribution in [1.82, 2.24) is 19.5 Å². The number of fused-ring (bicyclic) bond motifs is 3. The topological polar surface area (TPSA) is 116 Å². The van der Waals surface area contributed by atoms with Gasteiger partial charge in [0.25, 0.3) is 11.4 Å². The largest absolute Gasteiger partial charge is 0.618 e. The summed E-state index contributed by atoms with van der Waals surface area (Å²) in [5.74, 6) is 0.668. The fourth-order valence-corrected chi connectivity index (χ4v) is 4.18. The molecule has 1 aliphatic heterocycles. The van der Waals surface area contributed by atoms with Crippen molar-refractivity contribution in [3.8, 4) is 17.7 Å². The molecule has 4 heterocycles. The summed E-state index contributed by atoms with van der Waals surface area (Å²) < 4.78 is 13.9. The number of benzene rings is 1. The van der Waals surface area contributed by atoms with E-state index in [0.717, 1.165) is 12.8 Å².